The van der Waals surface area contributed by atoms with Crippen LogP contribution in [0.15, 0.2) is 29.4 Å². The Hall–Kier alpha value is -1.93. The molecule has 1 rings (SSSR count). The van der Waals surface area contributed by atoms with Gasteiger partial charge in [0.05, 0.1) is 12.5 Å². The second-order valence-corrected chi connectivity index (χ2v) is 4.02. The SMILES string of the molecule is C/C(CC#N)=N\NC(=S)Nc1ccc(C)cc1. The van der Waals surface area contributed by atoms with Crippen LogP contribution >= 0.6 is 12.2 Å². The van der Waals surface area contributed by atoms with E-state index in [2.05, 4.69) is 15.8 Å². The fourth-order valence-electron chi connectivity index (χ4n) is 1.10. The minimum absolute atomic E-state index is 0.292. The summed E-state index contributed by atoms with van der Waals surface area (Å²) in [6.07, 6.45) is 0.292. The lowest BCUT2D eigenvalue weighted by atomic mass is 10.2. The highest BCUT2D eigenvalue weighted by Crippen LogP contribution is 2.07. The van der Waals surface area contributed by atoms with Crippen molar-refractivity contribution < 1.29 is 0 Å². The summed E-state index contributed by atoms with van der Waals surface area (Å²) in [5.41, 5.74) is 5.48. The van der Waals surface area contributed by atoms with Gasteiger partial charge in [0, 0.05) is 11.4 Å². The highest BCUT2D eigenvalue weighted by molar-refractivity contribution is 7.80. The average molecular weight is 246 g/mol. The molecule has 0 unspecified atom stereocenters. The zero-order valence-corrected chi connectivity index (χ0v) is 10.6. The van der Waals surface area contributed by atoms with Crippen molar-refractivity contribution in [2.45, 2.75) is 20.3 Å². The number of nitriles is 1. The first-order valence-corrected chi connectivity index (χ1v) is 5.56. The van der Waals surface area contributed by atoms with E-state index in [0.717, 1.165) is 5.69 Å². The van der Waals surface area contributed by atoms with Crippen LogP contribution in [0.3, 0.4) is 0 Å². The number of nitrogens with one attached hydrogen (secondary N) is 2. The Labute approximate surface area is 106 Å². The zero-order chi connectivity index (χ0) is 12.7. The van der Waals surface area contributed by atoms with Crippen molar-refractivity contribution in [1.82, 2.24) is 5.43 Å². The maximum Gasteiger partial charge on any atom is 0.191 e. The minimum Gasteiger partial charge on any atom is -0.331 e. The lowest BCUT2D eigenvalue weighted by Gasteiger charge is -2.07. The molecule has 0 aliphatic rings. The summed E-state index contributed by atoms with van der Waals surface area (Å²) in [6.45, 7) is 3.79. The molecule has 4 nitrogen and oxygen atoms in total. The number of rotatable bonds is 3. The van der Waals surface area contributed by atoms with Crippen LogP contribution in [-0.4, -0.2) is 10.8 Å². The number of hydrazone groups is 1. The van der Waals surface area contributed by atoms with Crippen molar-refractivity contribution in [3.8, 4) is 6.07 Å². The van der Waals surface area contributed by atoms with E-state index in [9.17, 15) is 0 Å². The summed E-state index contributed by atoms with van der Waals surface area (Å²) < 4.78 is 0. The highest BCUT2D eigenvalue weighted by atomic mass is 32.1. The maximum absolute atomic E-state index is 8.46. The summed E-state index contributed by atoms with van der Waals surface area (Å²) in [5, 5.41) is 15.8. The van der Waals surface area contributed by atoms with E-state index < -0.39 is 0 Å². The molecule has 0 aliphatic heterocycles. The second kappa shape index (κ2) is 6.61. The fraction of sp³-hybridized carbons (Fsp3) is 0.250. The fourth-order valence-corrected chi connectivity index (χ4v) is 1.26. The van der Waals surface area contributed by atoms with Crippen molar-refractivity contribution in [3.05, 3.63) is 29.8 Å². The van der Waals surface area contributed by atoms with Crippen LogP contribution in [0.2, 0.25) is 0 Å². The normalized spacial score (nSPS) is 10.5. The smallest absolute Gasteiger partial charge is 0.191 e. The Morgan fingerprint density at radius 2 is 2.06 bits per heavy atom. The van der Waals surface area contributed by atoms with E-state index in [0.29, 0.717) is 17.2 Å². The number of hydrogen-bond donors (Lipinski definition) is 2. The molecule has 1 aromatic carbocycles. The minimum atomic E-state index is 0.292. The van der Waals surface area contributed by atoms with Gasteiger partial charge in [0.15, 0.2) is 5.11 Å². The second-order valence-electron chi connectivity index (χ2n) is 3.61. The number of nitrogens with zero attached hydrogens (tertiary/aromatic N) is 2. The lowest BCUT2D eigenvalue weighted by molar-refractivity contribution is 1.03. The number of aryl methyl sites for hydroxylation is 1. The number of hydrogen-bond acceptors (Lipinski definition) is 3. The third-order valence-corrected chi connectivity index (χ3v) is 2.19. The van der Waals surface area contributed by atoms with Crippen molar-refractivity contribution in [1.29, 1.82) is 5.26 Å². The van der Waals surface area contributed by atoms with Gasteiger partial charge in [-0.25, -0.2) is 0 Å². The molecule has 0 atom stereocenters. The summed E-state index contributed by atoms with van der Waals surface area (Å²) in [6, 6.07) is 9.88. The average Bonchev–Trinajstić information content (AvgIpc) is 2.30. The van der Waals surface area contributed by atoms with Crippen LogP contribution in [-0.2, 0) is 0 Å². The molecule has 88 valence electrons. The molecule has 0 bridgehead atoms. The summed E-state index contributed by atoms with van der Waals surface area (Å²) in [5.74, 6) is 0. The number of thiocarbonyl (C=S) groups is 1. The van der Waals surface area contributed by atoms with Gasteiger partial charge in [0.25, 0.3) is 0 Å². The van der Waals surface area contributed by atoms with Gasteiger partial charge in [-0.05, 0) is 38.2 Å². The molecule has 1 aromatic rings. The summed E-state index contributed by atoms with van der Waals surface area (Å²) in [4.78, 5) is 0. The molecule has 0 aliphatic carbocycles. The van der Waals surface area contributed by atoms with Gasteiger partial charge in [-0.3, -0.25) is 5.43 Å². The van der Waals surface area contributed by atoms with Gasteiger partial charge in [0.1, 0.15) is 0 Å². The first-order valence-electron chi connectivity index (χ1n) is 5.15. The van der Waals surface area contributed by atoms with Crippen molar-refractivity contribution >= 4 is 28.7 Å². The van der Waals surface area contributed by atoms with E-state index in [4.69, 9.17) is 17.5 Å². The molecule has 0 saturated heterocycles. The van der Waals surface area contributed by atoms with E-state index in [1.54, 1.807) is 6.92 Å². The molecule has 0 heterocycles. The summed E-state index contributed by atoms with van der Waals surface area (Å²) in [7, 11) is 0. The van der Waals surface area contributed by atoms with Crippen LogP contribution in [0.25, 0.3) is 0 Å². The van der Waals surface area contributed by atoms with Gasteiger partial charge in [0.2, 0.25) is 0 Å². The number of benzene rings is 1. The molecule has 0 spiro atoms. The predicted molar refractivity (Wildman–Crippen MR) is 73.9 cm³/mol. The van der Waals surface area contributed by atoms with Gasteiger partial charge < -0.3 is 5.32 Å². The molecule has 0 amide bonds. The molecule has 0 fully saturated rings. The topological polar surface area (TPSA) is 60.2 Å². The van der Waals surface area contributed by atoms with Gasteiger partial charge in [-0.1, -0.05) is 17.7 Å². The van der Waals surface area contributed by atoms with Gasteiger partial charge >= 0.3 is 0 Å². The molecule has 0 aromatic heterocycles. The molecule has 17 heavy (non-hydrogen) atoms. The first kappa shape index (κ1) is 13.1. The summed E-state index contributed by atoms with van der Waals surface area (Å²) >= 11 is 5.06. The Morgan fingerprint density at radius 1 is 1.41 bits per heavy atom. The molecular formula is C12H14N4S. The lowest BCUT2D eigenvalue weighted by Crippen LogP contribution is -2.24. The van der Waals surface area contributed by atoms with Crippen LogP contribution in [0.4, 0.5) is 5.69 Å². The van der Waals surface area contributed by atoms with E-state index in [1.807, 2.05) is 37.3 Å². The predicted octanol–water partition coefficient (Wildman–Crippen LogP) is 2.57. The van der Waals surface area contributed by atoms with Crippen LogP contribution < -0.4 is 10.7 Å². The largest absolute Gasteiger partial charge is 0.331 e. The van der Waals surface area contributed by atoms with Crippen molar-refractivity contribution in [2.75, 3.05) is 5.32 Å². The zero-order valence-electron chi connectivity index (χ0n) is 9.82. The van der Waals surface area contributed by atoms with Gasteiger partial charge in [-0.2, -0.15) is 10.4 Å². The Bertz CT molecular complexity index is 456. The van der Waals surface area contributed by atoms with Crippen molar-refractivity contribution in [3.63, 3.8) is 0 Å². The molecule has 0 saturated carbocycles. The van der Waals surface area contributed by atoms with E-state index >= 15 is 0 Å². The molecule has 0 radical (unpaired) electrons. The molecule has 5 heteroatoms. The van der Waals surface area contributed by atoms with Gasteiger partial charge in [-0.15, -0.1) is 0 Å². The standard InChI is InChI=1S/C12H14N4S/c1-9-3-5-11(6-4-9)14-12(17)16-15-10(2)7-8-13/h3-6H,7H2,1-2H3,(H2,14,16,17)/b15-10+. The van der Waals surface area contributed by atoms with Crippen LogP contribution in [0.1, 0.15) is 18.9 Å². The third kappa shape index (κ3) is 5.09. The van der Waals surface area contributed by atoms with Crippen molar-refractivity contribution in [2.24, 2.45) is 5.10 Å². The first-order chi connectivity index (χ1) is 8.11. The van der Waals surface area contributed by atoms with Crippen LogP contribution in [0.5, 0.6) is 0 Å². The van der Waals surface area contributed by atoms with Crippen LogP contribution in [0, 0.1) is 18.3 Å². The van der Waals surface area contributed by atoms with E-state index in [-0.39, 0.29) is 0 Å². The molecule has 2 N–H and O–H groups in total. The Kier molecular flexibility index (Phi) is 5.11. The monoisotopic (exact) mass is 246 g/mol. The quantitative estimate of drug-likeness (QED) is 0.489. The highest BCUT2D eigenvalue weighted by Gasteiger charge is 1.96. The van der Waals surface area contributed by atoms with E-state index in [1.165, 1.54) is 5.56 Å². The molecular weight excluding hydrogens is 232 g/mol. The Morgan fingerprint density at radius 3 is 2.65 bits per heavy atom. The Balaban J connectivity index is 2.48. The number of anilines is 1. The maximum atomic E-state index is 8.46. The third-order valence-electron chi connectivity index (χ3n) is 1.99.